The fourth-order valence-corrected chi connectivity index (χ4v) is 3.28. The molecule has 0 saturated heterocycles. The van der Waals surface area contributed by atoms with Crippen LogP contribution in [0.1, 0.15) is 27.8 Å². The minimum absolute atomic E-state index is 0.0489. The number of aromatic carboxylic acids is 1. The molecule has 0 saturated carbocycles. The Kier molecular flexibility index (Phi) is 5.04. The Bertz CT molecular complexity index is 948. The number of carboxylic acids is 1. The predicted octanol–water partition coefficient (Wildman–Crippen LogP) is 3.59. The summed E-state index contributed by atoms with van der Waals surface area (Å²) in [6.07, 6.45) is 0. The number of rotatable bonds is 6. The number of anilines is 1. The lowest BCUT2D eigenvalue weighted by molar-refractivity contribution is 0.0684. The minimum atomic E-state index is -1.15. The van der Waals surface area contributed by atoms with E-state index in [1.165, 1.54) is 23.1 Å². The van der Waals surface area contributed by atoms with E-state index in [2.05, 4.69) is 10.4 Å². The van der Waals surface area contributed by atoms with Gasteiger partial charge in [-0.2, -0.15) is 5.10 Å². The molecule has 1 amide bonds. The number of benzene rings is 1. The molecule has 0 bridgehead atoms. The number of aryl methyl sites for hydroxylation is 1. The fraction of sp³-hybridized carbons (Fsp3) is 0.167. The Morgan fingerprint density at radius 2 is 2.12 bits per heavy atom. The molecule has 0 aliphatic rings. The van der Waals surface area contributed by atoms with E-state index in [4.69, 9.17) is 4.74 Å². The number of nitrogens with one attached hydrogen (secondary N) is 1. The van der Waals surface area contributed by atoms with Crippen LogP contribution in [0.2, 0.25) is 0 Å². The highest BCUT2D eigenvalue weighted by molar-refractivity contribution is 7.13. The van der Waals surface area contributed by atoms with Crippen molar-refractivity contribution in [2.24, 2.45) is 0 Å². The van der Waals surface area contributed by atoms with Crippen molar-refractivity contribution < 1.29 is 19.4 Å². The first-order valence-corrected chi connectivity index (χ1v) is 8.76. The number of thiophene rings is 1. The molecule has 26 heavy (non-hydrogen) atoms. The minimum Gasteiger partial charge on any atom is -0.497 e. The van der Waals surface area contributed by atoms with E-state index in [0.717, 1.165) is 4.88 Å². The third-order valence-electron chi connectivity index (χ3n) is 3.78. The van der Waals surface area contributed by atoms with Gasteiger partial charge in [0.15, 0.2) is 5.69 Å². The third-order valence-corrected chi connectivity index (χ3v) is 4.66. The van der Waals surface area contributed by atoms with Crippen LogP contribution in [-0.2, 0) is 6.54 Å². The molecular weight excluding hydrogens is 354 g/mol. The summed E-state index contributed by atoms with van der Waals surface area (Å²) in [7, 11) is 1.51. The average Bonchev–Trinajstić information content (AvgIpc) is 3.29. The maximum Gasteiger partial charge on any atom is 0.356 e. The van der Waals surface area contributed by atoms with E-state index in [1.54, 1.807) is 31.2 Å². The first kappa shape index (κ1) is 17.7. The van der Waals surface area contributed by atoms with Crippen molar-refractivity contribution in [3.63, 3.8) is 0 Å². The molecule has 134 valence electrons. The lowest BCUT2D eigenvalue weighted by atomic mass is 10.2. The van der Waals surface area contributed by atoms with E-state index in [0.29, 0.717) is 23.6 Å². The van der Waals surface area contributed by atoms with Crippen molar-refractivity contribution in [2.75, 3.05) is 12.4 Å². The Labute approximate surface area is 153 Å². The largest absolute Gasteiger partial charge is 0.497 e. The van der Waals surface area contributed by atoms with Gasteiger partial charge in [-0.15, -0.1) is 11.3 Å². The van der Waals surface area contributed by atoms with Gasteiger partial charge in [0.2, 0.25) is 0 Å². The number of hydrogen-bond acceptors (Lipinski definition) is 5. The number of carbonyl (C=O) groups is 2. The van der Waals surface area contributed by atoms with Crippen LogP contribution in [0.15, 0.2) is 41.8 Å². The highest BCUT2D eigenvalue weighted by atomic mass is 32.1. The van der Waals surface area contributed by atoms with Crippen molar-refractivity contribution in [1.29, 1.82) is 0 Å². The van der Waals surface area contributed by atoms with Gasteiger partial charge < -0.3 is 15.2 Å². The van der Waals surface area contributed by atoms with Gasteiger partial charge >= 0.3 is 5.97 Å². The Balaban J connectivity index is 2.06. The van der Waals surface area contributed by atoms with Crippen LogP contribution in [-0.4, -0.2) is 33.9 Å². The number of nitrogens with zero attached hydrogens (tertiary/aromatic N) is 2. The SMILES string of the molecule is CCn1nc(-c2cccs2)c(NC(=O)c2cccc(OC)c2)c1C(=O)O. The van der Waals surface area contributed by atoms with Gasteiger partial charge in [-0.1, -0.05) is 12.1 Å². The number of carboxylic acid groups (broad SMARTS) is 1. The van der Waals surface area contributed by atoms with Crippen LogP contribution in [0.4, 0.5) is 5.69 Å². The summed E-state index contributed by atoms with van der Waals surface area (Å²) in [6, 6.07) is 10.3. The van der Waals surface area contributed by atoms with Crippen molar-refractivity contribution in [1.82, 2.24) is 9.78 Å². The van der Waals surface area contributed by atoms with E-state index < -0.39 is 11.9 Å². The molecule has 2 heterocycles. The number of amides is 1. The monoisotopic (exact) mass is 371 g/mol. The zero-order chi connectivity index (χ0) is 18.7. The first-order chi connectivity index (χ1) is 12.5. The first-order valence-electron chi connectivity index (χ1n) is 7.88. The number of hydrogen-bond donors (Lipinski definition) is 2. The fourth-order valence-electron chi connectivity index (χ4n) is 2.56. The summed E-state index contributed by atoms with van der Waals surface area (Å²) in [6.45, 7) is 2.17. The quantitative estimate of drug-likeness (QED) is 0.691. The summed E-state index contributed by atoms with van der Waals surface area (Å²) in [4.78, 5) is 25.2. The topological polar surface area (TPSA) is 93.5 Å². The Morgan fingerprint density at radius 3 is 2.73 bits per heavy atom. The molecule has 2 N–H and O–H groups in total. The molecule has 2 aromatic heterocycles. The van der Waals surface area contributed by atoms with Crippen LogP contribution in [0.3, 0.4) is 0 Å². The van der Waals surface area contributed by atoms with Crippen molar-refractivity contribution in [3.05, 3.63) is 53.0 Å². The maximum atomic E-state index is 12.7. The molecule has 7 nitrogen and oxygen atoms in total. The summed E-state index contributed by atoms with van der Waals surface area (Å²) in [5, 5.41) is 18.6. The smallest absolute Gasteiger partial charge is 0.356 e. The third kappa shape index (κ3) is 3.31. The molecule has 1 aromatic carbocycles. The number of carbonyl (C=O) groups excluding carboxylic acids is 1. The molecule has 0 radical (unpaired) electrons. The van der Waals surface area contributed by atoms with Gasteiger partial charge in [-0.05, 0) is 36.6 Å². The molecule has 0 unspecified atom stereocenters. The summed E-state index contributed by atoms with van der Waals surface area (Å²) in [5.41, 5.74) is 0.944. The molecule has 0 aliphatic carbocycles. The van der Waals surface area contributed by atoms with Gasteiger partial charge in [0.25, 0.3) is 5.91 Å². The van der Waals surface area contributed by atoms with Gasteiger partial charge in [-0.25, -0.2) is 4.79 Å². The van der Waals surface area contributed by atoms with E-state index in [1.807, 2.05) is 17.5 Å². The number of ether oxygens (including phenoxy) is 1. The number of methoxy groups -OCH3 is 1. The van der Waals surface area contributed by atoms with Crippen LogP contribution < -0.4 is 10.1 Å². The highest BCUT2D eigenvalue weighted by Gasteiger charge is 2.26. The molecule has 0 spiro atoms. The van der Waals surface area contributed by atoms with Gasteiger partial charge in [0.05, 0.1) is 12.0 Å². The predicted molar refractivity (Wildman–Crippen MR) is 99.1 cm³/mol. The summed E-state index contributed by atoms with van der Waals surface area (Å²) < 4.78 is 6.51. The lowest BCUT2D eigenvalue weighted by Gasteiger charge is -2.08. The van der Waals surface area contributed by atoms with Gasteiger partial charge in [-0.3, -0.25) is 9.48 Å². The van der Waals surface area contributed by atoms with Crippen LogP contribution in [0.25, 0.3) is 10.6 Å². The van der Waals surface area contributed by atoms with Crippen LogP contribution in [0.5, 0.6) is 5.75 Å². The normalized spacial score (nSPS) is 10.5. The summed E-state index contributed by atoms with van der Waals surface area (Å²) >= 11 is 1.42. The Hall–Kier alpha value is -3.13. The zero-order valence-electron chi connectivity index (χ0n) is 14.2. The molecule has 3 rings (SSSR count). The second kappa shape index (κ2) is 7.40. The average molecular weight is 371 g/mol. The van der Waals surface area contributed by atoms with Crippen molar-refractivity contribution in [2.45, 2.75) is 13.5 Å². The van der Waals surface area contributed by atoms with Crippen LogP contribution in [0, 0.1) is 0 Å². The zero-order valence-corrected chi connectivity index (χ0v) is 15.0. The van der Waals surface area contributed by atoms with Crippen molar-refractivity contribution in [3.8, 4) is 16.3 Å². The molecule has 0 fully saturated rings. The maximum absolute atomic E-state index is 12.7. The van der Waals surface area contributed by atoms with E-state index in [-0.39, 0.29) is 11.4 Å². The highest BCUT2D eigenvalue weighted by Crippen LogP contribution is 2.34. The lowest BCUT2D eigenvalue weighted by Crippen LogP contribution is -2.16. The second-order valence-corrected chi connectivity index (χ2v) is 6.30. The van der Waals surface area contributed by atoms with Crippen LogP contribution >= 0.6 is 11.3 Å². The molecule has 0 atom stereocenters. The summed E-state index contributed by atoms with van der Waals surface area (Å²) in [5.74, 6) is -1.04. The molecule has 8 heteroatoms. The van der Waals surface area contributed by atoms with E-state index in [9.17, 15) is 14.7 Å². The van der Waals surface area contributed by atoms with Gasteiger partial charge in [0.1, 0.15) is 17.1 Å². The van der Waals surface area contributed by atoms with Gasteiger partial charge in [0, 0.05) is 12.1 Å². The Morgan fingerprint density at radius 1 is 1.31 bits per heavy atom. The van der Waals surface area contributed by atoms with E-state index >= 15 is 0 Å². The second-order valence-electron chi connectivity index (χ2n) is 5.36. The molecular formula is C18H17N3O4S. The molecule has 3 aromatic rings. The standard InChI is InChI=1S/C18H17N3O4S/c1-3-21-16(18(23)24)15(14(20-21)13-8-5-9-26-13)19-17(22)11-6-4-7-12(10-11)25-2/h4-10H,3H2,1-2H3,(H,19,22)(H,23,24). The number of aromatic nitrogens is 2. The molecule has 0 aliphatic heterocycles. The van der Waals surface area contributed by atoms with Crippen molar-refractivity contribution >= 4 is 28.9 Å².